The number of hydrogen-bond donors (Lipinski definition) is 1. The average Bonchev–Trinajstić information content (AvgIpc) is 2.90. The van der Waals surface area contributed by atoms with Gasteiger partial charge in [0.2, 0.25) is 0 Å². The van der Waals surface area contributed by atoms with Crippen LogP contribution in [0.25, 0.3) is 0 Å². The van der Waals surface area contributed by atoms with E-state index in [0.717, 1.165) is 70.6 Å². The molecule has 7 heteroatoms. The normalized spacial score (nSPS) is 17.8. The van der Waals surface area contributed by atoms with Crippen molar-refractivity contribution < 1.29 is 23.9 Å². The number of nitrogens with one attached hydrogen (secondary N) is 1. The van der Waals surface area contributed by atoms with E-state index < -0.39 is 5.92 Å². The summed E-state index contributed by atoms with van der Waals surface area (Å²) in [6.45, 7) is 3.77. The first kappa shape index (κ1) is 25.8. The summed E-state index contributed by atoms with van der Waals surface area (Å²) >= 11 is 0. The van der Waals surface area contributed by atoms with Gasteiger partial charge < -0.3 is 19.7 Å². The first-order valence-electron chi connectivity index (χ1n) is 13.2. The zero-order valence-corrected chi connectivity index (χ0v) is 22.5. The fourth-order valence-corrected chi connectivity index (χ4v) is 5.95. The average molecular weight is 515 g/mol. The molecule has 2 aromatic carbocycles. The van der Waals surface area contributed by atoms with Gasteiger partial charge in [0.1, 0.15) is 0 Å². The molecule has 7 nitrogen and oxygen atoms in total. The van der Waals surface area contributed by atoms with E-state index in [1.807, 2.05) is 51.2 Å². The van der Waals surface area contributed by atoms with E-state index >= 15 is 0 Å². The Labute approximate surface area is 223 Å². The van der Waals surface area contributed by atoms with Crippen LogP contribution in [0.1, 0.15) is 61.1 Å². The number of carbonyl (C=O) groups excluding carboxylic acids is 3. The van der Waals surface area contributed by atoms with Gasteiger partial charge in [0, 0.05) is 54.0 Å². The first-order valence-corrected chi connectivity index (χ1v) is 13.2. The van der Waals surface area contributed by atoms with Crippen molar-refractivity contribution in [2.45, 2.75) is 58.3 Å². The number of nitrogens with zero attached hydrogens (tertiary/aromatic N) is 1. The Balaban J connectivity index is 1.42. The minimum absolute atomic E-state index is 0.107. The Hall–Kier alpha value is -3.87. The van der Waals surface area contributed by atoms with E-state index in [1.54, 1.807) is 13.2 Å². The van der Waals surface area contributed by atoms with Crippen LogP contribution in [0.15, 0.2) is 58.9 Å². The van der Waals surface area contributed by atoms with Crippen molar-refractivity contribution in [3.05, 3.63) is 75.6 Å². The first-order chi connectivity index (χ1) is 18.3. The zero-order valence-electron chi connectivity index (χ0n) is 22.5. The second-order valence-electron chi connectivity index (χ2n) is 10.3. The van der Waals surface area contributed by atoms with Gasteiger partial charge >= 0.3 is 0 Å². The Morgan fingerprint density at radius 3 is 2.18 bits per heavy atom. The molecule has 0 bridgehead atoms. The van der Waals surface area contributed by atoms with E-state index in [2.05, 4.69) is 10.2 Å². The Morgan fingerprint density at radius 2 is 1.58 bits per heavy atom. The molecule has 1 amide bonds. The van der Waals surface area contributed by atoms with Crippen LogP contribution in [0.3, 0.4) is 0 Å². The number of hydrogen-bond acceptors (Lipinski definition) is 6. The number of carbonyl (C=O) groups is 3. The molecule has 0 radical (unpaired) electrons. The number of benzene rings is 2. The highest BCUT2D eigenvalue weighted by molar-refractivity contribution is 6.06. The maximum atomic E-state index is 13.2. The second-order valence-corrected chi connectivity index (χ2v) is 10.3. The minimum Gasteiger partial charge on any atom is -0.493 e. The van der Waals surface area contributed by atoms with Crippen molar-refractivity contribution in [3.8, 4) is 11.5 Å². The van der Waals surface area contributed by atoms with Crippen molar-refractivity contribution in [1.29, 1.82) is 0 Å². The number of rotatable bonds is 6. The molecule has 1 heterocycles. The SMILES string of the molecule is COc1cc(C2C3=C(CCCC3=O)N(C)C3=C2C(=O)CCC3)ccc1OCC(=O)Nc1ccc(C)cc1C. The van der Waals surface area contributed by atoms with Crippen LogP contribution >= 0.6 is 0 Å². The lowest BCUT2D eigenvalue weighted by Gasteiger charge is -2.42. The molecule has 38 heavy (non-hydrogen) atoms. The largest absolute Gasteiger partial charge is 0.493 e. The van der Waals surface area contributed by atoms with Gasteiger partial charge in [-0.3, -0.25) is 14.4 Å². The third-order valence-corrected chi connectivity index (χ3v) is 7.78. The Bertz CT molecular complexity index is 1340. The molecular weight excluding hydrogens is 480 g/mol. The lowest BCUT2D eigenvalue weighted by atomic mass is 9.71. The highest BCUT2D eigenvalue weighted by Gasteiger charge is 2.42. The number of ether oxygens (including phenoxy) is 2. The summed E-state index contributed by atoms with van der Waals surface area (Å²) in [6, 6.07) is 11.3. The van der Waals surface area contributed by atoms with Gasteiger partial charge in [0.05, 0.1) is 7.11 Å². The Morgan fingerprint density at radius 1 is 0.921 bits per heavy atom. The highest BCUT2D eigenvalue weighted by atomic mass is 16.5. The smallest absolute Gasteiger partial charge is 0.262 e. The van der Waals surface area contributed by atoms with Crippen LogP contribution in [0.5, 0.6) is 11.5 Å². The number of ketones is 2. The molecule has 0 fully saturated rings. The van der Waals surface area contributed by atoms with Gasteiger partial charge in [0.25, 0.3) is 5.91 Å². The van der Waals surface area contributed by atoms with E-state index in [9.17, 15) is 14.4 Å². The fraction of sp³-hybridized carbons (Fsp3) is 0.387. The lowest BCUT2D eigenvalue weighted by Crippen LogP contribution is -2.37. The van der Waals surface area contributed by atoms with E-state index in [4.69, 9.17) is 9.47 Å². The monoisotopic (exact) mass is 514 g/mol. The molecule has 1 aliphatic heterocycles. The molecule has 2 aromatic rings. The van der Waals surface area contributed by atoms with Crippen LogP contribution < -0.4 is 14.8 Å². The van der Waals surface area contributed by atoms with E-state index in [0.29, 0.717) is 24.3 Å². The van der Waals surface area contributed by atoms with Crippen molar-refractivity contribution in [2.24, 2.45) is 0 Å². The summed E-state index contributed by atoms with van der Waals surface area (Å²) in [5, 5.41) is 2.89. The van der Waals surface area contributed by atoms with Crippen molar-refractivity contribution in [2.75, 3.05) is 26.1 Å². The molecule has 1 N–H and O–H groups in total. The van der Waals surface area contributed by atoms with E-state index in [1.165, 1.54) is 0 Å². The number of amides is 1. The molecule has 0 spiro atoms. The summed E-state index contributed by atoms with van der Waals surface area (Å²) in [7, 11) is 3.53. The molecule has 5 rings (SSSR count). The van der Waals surface area contributed by atoms with Gasteiger partial charge in [-0.1, -0.05) is 23.8 Å². The molecule has 0 unspecified atom stereocenters. The van der Waals surface area contributed by atoms with Gasteiger partial charge in [0.15, 0.2) is 29.7 Å². The number of methoxy groups -OCH3 is 1. The molecule has 3 aliphatic rings. The molecule has 0 aromatic heterocycles. The number of aryl methyl sites for hydroxylation is 2. The third-order valence-electron chi connectivity index (χ3n) is 7.78. The summed E-state index contributed by atoms with van der Waals surface area (Å²) < 4.78 is 11.5. The van der Waals surface area contributed by atoms with Crippen molar-refractivity contribution >= 4 is 23.2 Å². The van der Waals surface area contributed by atoms with E-state index in [-0.39, 0.29) is 24.1 Å². The summed E-state index contributed by atoms with van der Waals surface area (Å²) in [4.78, 5) is 41.1. The van der Waals surface area contributed by atoms with Crippen LogP contribution in [-0.4, -0.2) is 43.1 Å². The predicted octanol–water partition coefficient (Wildman–Crippen LogP) is 5.37. The minimum atomic E-state index is -0.410. The van der Waals surface area contributed by atoms with Crippen LogP contribution in [0, 0.1) is 13.8 Å². The van der Waals surface area contributed by atoms with Crippen LogP contribution in [-0.2, 0) is 14.4 Å². The molecule has 198 valence electrons. The fourth-order valence-electron chi connectivity index (χ4n) is 5.95. The number of anilines is 1. The maximum absolute atomic E-state index is 13.2. The third kappa shape index (κ3) is 4.73. The number of allylic oxidation sites excluding steroid dienone is 4. The summed E-state index contributed by atoms with van der Waals surface area (Å²) in [5.74, 6) is 0.409. The topological polar surface area (TPSA) is 84.9 Å². The molecule has 0 saturated heterocycles. The Kier molecular flexibility index (Phi) is 7.11. The molecule has 2 aliphatic carbocycles. The van der Waals surface area contributed by atoms with Crippen LogP contribution in [0.4, 0.5) is 5.69 Å². The van der Waals surface area contributed by atoms with Gasteiger partial charge in [-0.2, -0.15) is 0 Å². The van der Waals surface area contributed by atoms with Crippen LogP contribution in [0.2, 0.25) is 0 Å². The highest BCUT2D eigenvalue weighted by Crippen LogP contribution is 2.49. The zero-order chi connectivity index (χ0) is 27.0. The molecule has 0 atom stereocenters. The summed E-state index contributed by atoms with van der Waals surface area (Å²) in [6.07, 6.45) is 4.29. The number of Topliss-reactive ketones (excluding diaryl/α,β-unsaturated/α-hetero) is 2. The maximum Gasteiger partial charge on any atom is 0.262 e. The molecule has 0 saturated carbocycles. The van der Waals surface area contributed by atoms with Gasteiger partial charge in [-0.15, -0.1) is 0 Å². The molecular formula is C31H34N2O5. The predicted molar refractivity (Wildman–Crippen MR) is 145 cm³/mol. The van der Waals surface area contributed by atoms with Crippen molar-refractivity contribution in [3.63, 3.8) is 0 Å². The lowest BCUT2D eigenvalue weighted by molar-refractivity contribution is -0.118. The van der Waals surface area contributed by atoms with Gasteiger partial charge in [-0.25, -0.2) is 0 Å². The van der Waals surface area contributed by atoms with Crippen molar-refractivity contribution in [1.82, 2.24) is 4.90 Å². The standard InChI is InChI=1S/C31H34N2O5/c1-18-11-13-21(19(2)15-18)32-28(36)17-38-26-14-12-20(16-27(26)37-4)29-30-22(7-5-9-24(30)34)33(3)23-8-6-10-25(35)31(23)29/h11-16,29H,5-10,17H2,1-4H3,(H,32,36). The summed E-state index contributed by atoms with van der Waals surface area (Å²) in [5.41, 5.74) is 7.21. The second kappa shape index (κ2) is 10.5. The quantitative estimate of drug-likeness (QED) is 0.558. The van der Waals surface area contributed by atoms with Gasteiger partial charge in [-0.05, 0) is 68.9 Å².